The predicted octanol–water partition coefficient (Wildman–Crippen LogP) is 1.79. The van der Waals surface area contributed by atoms with E-state index in [9.17, 15) is 4.79 Å². The molecule has 74 valence electrons. The van der Waals surface area contributed by atoms with E-state index in [1.165, 1.54) is 12.1 Å². The molecule has 0 saturated heterocycles. The number of hydrogen-bond acceptors (Lipinski definition) is 5. The lowest BCUT2D eigenvalue weighted by molar-refractivity contribution is -0.0852. The van der Waals surface area contributed by atoms with E-state index in [2.05, 4.69) is 9.78 Å². The van der Waals surface area contributed by atoms with Gasteiger partial charge in [0.2, 0.25) is 11.5 Å². The molecule has 2 bridgehead atoms. The van der Waals surface area contributed by atoms with Crippen LogP contribution in [-0.4, -0.2) is 11.1 Å². The van der Waals surface area contributed by atoms with Crippen LogP contribution in [-0.2, 0) is 0 Å². The predicted molar refractivity (Wildman–Crippen MR) is 46.4 cm³/mol. The zero-order valence-electron chi connectivity index (χ0n) is 6.52. The van der Waals surface area contributed by atoms with Gasteiger partial charge in [0, 0.05) is 9.93 Å². The zero-order valence-corrected chi connectivity index (χ0v) is 7.28. The largest absolute Gasteiger partial charge is 0.478 e. The van der Waals surface area contributed by atoms with Crippen molar-refractivity contribution in [2.24, 2.45) is 0 Å². The minimum absolute atomic E-state index is 0.00116. The number of halogens is 1. The highest BCUT2D eigenvalue weighted by Gasteiger charge is 2.26. The topological polar surface area (TPSA) is 89.9 Å². The van der Waals surface area contributed by atoms with Crippen molar-refractivity contribution in [1.29, 1.82) is 0 Å². The average Bonchev–Trinajstić information content (AvgIpc) is 2.43. The van der Waals surface area contributed by atoms with Gasteiger partial charge in [-0.15, -0.1) is 0 Å². The van der Waals surface area contributed by atoms with Crippen molar-refractivity contribution in [2.45, 2.75) is 0 Å². The van der Waals surface area contributed by atoms with Crippen LogP contribution in [0.5, 0.6) is 11.5 Å². The highest BCUT2D eigenvalue weighted by Crippen LogP contribution is 2.42. The fourth-order valence-electron chi connectivity index (χ4n) is 0.939. The molecule has 0 saturated carbocycles. The molecule has 7 heteroatoms. The first-order chi connectivity index (χ1) is 6.70. The lowest BCUT2D eigenvalue weighted by Crippen LogP contribution is -1.99. The van der Waals surface area contributed by atoms with E-state index in [1.807, 2.05) is 0 Å². The van der Waals surface area contributed by atoms with Gasteiger partial charge in [-0.25, -0.2) is 4.79 Å². The summed E-state index contributed by atoms with van der Waals surface area (Å²) in [5, 5.41) is 8.85. The lowest BCUT2D eigenvalue weighted by Gasteiger charge is -1.94. The first-order valence-electron chi connectivity index (χ1n) is 3.27. The minimum Gasteiger partial charge on any atom is -0.478 e. The highest BCUT2D eigenvalue weighted by atomic mass is 35.5. The van der Waals surface area contributed by atoms with Crippen LogP contribution >= 0.6 is 11.6 Å². The summed E-state index contributed by atoms with van der Waals surface area (Å²) in [5.41, 5.74) is 0.00116. The molecular formula is C7H3ClO6. The maximum Gasteiger partial charge on any atom is 0.339 e. The first-order valence-corrected chi connectivity index (χ1v) is 3.65. The molecule has 0 unspecified atom stereocenters. The van der Waals surface area contributed by atoms with Gasteiger partial charge in [-0.1, -0.05) is 11.6 Å². The van der Waals surface area contributed by atoms with Crippen LogP contribution in [0.1, 0.15) is 10.4 Å². The summed E-state index contributed by atoms with van der Waals surface area (Å²) >= 11 is 5.68. The van der Waals surface area contributed by atoms with Gasteiger partial charge in [0.05, 0.1) is 0 Å². The van der Waals surface area contributed by atoms with Crippen molar-refractivity contribution in [2.75, 3.05) is 0 Å². The molecule has 1 aliphatic rings. The third kappa shape index (κ3) is 1.47. The van der Waals surface area contributed by atoms with E-state index in [0.717, 1.165) is 0 Å². The van der Waals surface area contributed by atoms with Crippen molar-refractivity contribution >= 4 is 17.6 Å². The van der Waals surface area contributed by atoms with Crippen LogP contribution in [0.2, 0.25) is 5.02 Å². The summed E-state index contributed by atoms with van der Waals surface area (Å²) in [6, 6.07) is 2.83. The number of rotatable bonds is 1. The average molecular weight is 219 g/mol. The van der Waals surface area contributed by atoms with Gasteiger partial charge in [0.15, 0.2) is 0 Å². The molecule has 1 N–H and O–H groups in total. The van der Waals surface area contributed by atoms with E-state index in [-0.39, 0.29) is 16.3 Å². The van der Waals surface area contributed by atoms with Crippen LogP contribution < -0.4 is 9.78 Å². The van der Waals surface area contributed by atoms with Crippen molar-refractivity contribution in [1.82, 2.24) is 0 Å². The first kappa shape index (κ1) is 10.3. The van der Waals surface area contributed by atoms with E-state index in [1.54, 1.807) is 0 Å². The van der Waals surface area contributed by atoms with Gasteiger partial charge in [-0.05, 0) is 12.1 Å². The number of fused-ring (bicyclic) bond motifs is 2. The molecule has 0 atom stereocenters. The third-order valence-electron chi connectivity index (χ3n) is 1.51. The normalized spacial score (nSPS) is 10.6. The molecule has 0 amide bonds. The van der Waals surface area contributed by atoms with Crippen molar-refractivity contribution in [3.8, 4) is 11.5 Å². The second-order valence-electron chi connectivity index (χ2n) is 2.23. The lowest BCUT2D eigenvalue weighted by atomic mass is 10.2. The SMILES string of the molecule is O=C(O)c1ccc2c(Cl)c1OO2.O=O. The number of carboxylic acid groups (broad SMARTS) is 1. The summed E-state index contributed by atoms with van der Waals surface area (Å²) in [7, 11) is 0. The smallest absolute Gasteiger partial charge is 0.339 e. The Balaban J connectivity index is 0.000000461. The molecule has 0 aromatic heterocycles. The molecular weight excluding hydrogens is 216 g/mol. The maximum atomic E-state index is 10.6. The highest BCUT2D eigenvalue weighted by molar-refractivity contribution is 6.34. The number of hydrogen-bond donors (Lipinski definition) is 1. The summed E-state index contributed by atoms with van der Waals surface area (Å²) < 4.78 is 0. The Morgan fingerprint density at radius 1 is 1.29 bits per heavy atom. The fraction of sp³-hybridized carbons (Fsp3) is 0. The van der Waals surface area contributed by atoms with Crippen molar-refractivity contribution < 1.29 is 19.7 Å². The summed E-state index contributed by atoms with van der Waals surface area (Å²) in [5.74, 6) is -0.678. The number of carbonyl (C=O) groups is 1. The molecule has 0 spiro atoms. The molecule has 1 aromatic carbocycles. The molecule has 1 aliphatic heterocycles. The molecule has 2 rings (SSSR count). The van der Waals surface area contributed by atoms with E-state index < -0.39 is 5.97 Å². The molecule has 14 heavy (non-hydrogen) atoms. The Morgan fingerprint density at radius 2 is 1.93 bits per heavy atom. The molecule has 0 aliphatic carbocycles. The van der Waals surface area contributed by atoms with Crippen LogP contribution in [0, 0.1) is 9.93 Å². The van der Waals surface area contributed by atoms with E-state index in [4.69, 9.17) is 26.6 Å². The second-order valence-corrected chi connectivity index (χ2v) is 2.60. The summed E-state index contributed by atoms with van der Waals surface area (Å²) in [6.07, 6.45) is 0. The number of aromatic carboxylic acids is 1. The Hall–Kier alpha value is -1.82. The summed E-state index contributed by atoms with van der Waals surface area (Å²) in [6.45, 7) is 0. The van der Waals surface area contributed by atoms with Gasteiger partial charge in [0.1, 0.15) is 10.6 Å². The minimum atomic E-state index is -1.09. The molecule has 1 aromatic rings. The fourth-order valence-corrected chi connectivity index (χ4v) is 1.17. The second kappa shape index (κ2) is 3.93. The monoisotopic (exact) mass is 218 g/mol. The Kier molecular flexibility index (Phi) is 2.88. The summed E-state index contributed by atoms with van der Waals surface area (Å²) in [4.78, 5) is 33.8. The van der Waals surface area contributed by atoms with Gasteiger partial charge in [-0.2, -0.15) is 0 Å². The van der Waals surface area contributed by atoms with Crippen LogP contribution in [0.25, 0.3) is 0 Å². The van der Waals surface area contributed by atoms with E-state index in [0.29, 0.717) is 5.75 Å². The molecule has 6 nitrogen and oxygen atoms in total. The van der Waals surface area contributed by atoms with Crippen LogP contribution in [0.15, 0.2) is 12.1 Å². The number of carboxylic acids is 1. The quantitative estimate of drug-likeness (QED) is 0.723. The zero-order chi connectivity index (χ0) is 10.7. The van der Waals surface area contributed by atoms with Gasteiger partial charge in [-0.3, -0.25) is 9.78 Å². The van der Waals surface area contributed by atoms with Crippen LogP contribution in [0.3, 0.4) is 0 Å². The van der Waals surface area contributed by atoms with Crippen molar-refractivity contribution in [3.05, 3.63) is 32.6 Å². The van der Waals surface area contributed by atoms with E-state index >= 15 is 0 Å². The van der Waals surface area contributed by atoms with Crippen LogP contribution in [0.4, 0.5) is 0 Å². The molecule has 0 fully saturated rings. The Labute approximate surface area is 82.1 Å². The third-order valence-corrected chi connectivity index (χ3v) is 1.86. The standard InChI is InChI=1S/C7H3ClO4.O2/c8-5-4-2-1-3(7(9)10)6(5)12-11-4;1-2/h1-2H,(H,9,10);. The maximum absolute atomic E-state index is 10.6. The Morgan fingerprint density at radius 3 is 2.50 bits per heavy atom. The van der Waals surface area contributed by atoms with Gasteiger partial charge < -0.3 is 5.11 Å². The number of benzene rings is 1. The molecule has 0 radical (unpaired) electrons. The van der Waals surface area contributed by atoms with Gasteiger partial charge >= 0.3 is 5.97 Å². The molecule has 1 heterocycles. The van der Waals surface area contributed by atoms with Crippen molar-refractivity contribution in [3.63, 3.8) is 0 Å². The Bertz CT molecular complexity index is 377. The van der Waals surface area contributed by atoms with Gasteiger partial charge in [0.25, 0.3) is 0 Å².